The lowest BCUT2D eigenvalue weighted by molar-refractivity contribution is -0.274. The van der Waals surface area contributed by atoms with Gasteiger partial charge in [-0.3, -0.25) is 4.79 Å². The number of hydrogen-bond acceptors (Lipinski definition) is 5. The number of nitrogens with one attached hydrogen (secondary N) is 1. The van der Waals surface area contributed by atoms with Gasteiger partial charge in [-0.25, -0.2) is 4.45 Å². The van der Waals surface area contributed by atoms with Crippen molar-refractivity contribution in [3.63, 3.8) is 0 Å². The fourth-order valence-corrected chi connectivity index (χ4v) is 4.54. The average Bonchev–Trinajstić information content (AvgIpc) is 3.19. The lowest BCUT2D eigenvalue weighted by Gasteiger charge is -2.12. The molecule has 1 amide bonds. The zero-order valence-corrected chi connectivity index (χ0v) is 20.0. The van der Waals surface area contributed by atoms with E-state index in [1.807, 2.05) is 12.1 Å². The second-order valence-corrected chi connectivity index (χ2v) is 8.32. The van der Waals surface area contributed by atoms with E-state index in [-0.39, 0.29) is 18.5 Å². The van der Waals surface area contributed by atoms with Gasteiger partial charge in [0.2, 0.25) is 0 Å². The fraction of sp³-hybridized carbons (Fsp3) is 0.200. The van der Waals surface area contributed by atoms with E-state index >= 15 is 0 Å². The van der Waals surface area contributed by atoms with Crippen LogP contribution in [-0.4, -0.2) is 36.0 Å². The molecule has 0 aliphatic rings. The van der Waals surface area contributed by atoms with Crippen molar-refractivity contribution in [3.05, 3.63) is 59.8 Å². The van der Waals surface area contributed by atoms with Crippen LogP contribution in [0.3, 0.4) is 0 Å². The van der Waals surface area contributed by atoms with Gasteiger partial charge in [0.15, 0.2) is 11.5 Å². The highest BCUT2D eigenvalue weighted by Crippen LogP contribution is 2.41. The van der Waals surface area contributed by atoms with Crippen LogP contribution >= 0.6 is 28.4 Å². The van der Waals surface area contributed by atoms with Crippen LogP contribution in [0.1, 0.15) is 16.1 Å². The molecule has 12 heteroatoms. The second kappa shape index (κ2) is 10.4. The Bertz CT molecular complexity index is 1110. The summed E-state index contributed by atoms with van der Waals surface area (Å²) >= 11 is 2.17. The highest BCUT2D eigenvalue weighted by atomic mass is 127. The smallest absolute Gasteiger partial charge is 0.493 e. The van der Waals surface area contributed by atoms with Crippen LogP contribution in [0, 0.1) is 0 Å². The number of carbonyl (C=O) groups is 1. The number of ether oxygens (including phenoxy) is 3. The zero-order valence-electron chi connectivity index (χ0n) is 16.9. The molecule has 0 spiro atoms. The van der Waals surface area contributed by atoms with E-state index in [0.29, 0.717) is 17.2 Å². The summed E-state index contributed by atoms with van der Waals surface area (Å²) in [6.07, 6.45) is -4.65. The molecule has 1 unspecified atom stereocenters. The molecule has 2 aromatic carbocycles. The summed E-state index contributed by atoms with van der Waals surface area (Å²) in [6, 6.07) is 12.4. The summed E-state index contributed by atoms with van der Waals surface area (Å²) in [5.74, 6) is -0.180. The van der Waals surface area contributed by atoms with Gasteiger partial charge in [0.05, 0.1) is 44.1 Å². The molecule has 1 heterocycles. The quantitative estimate of drug-likeness (QED) is 0.294. The van der Waals surface area contributed by atoms with Crippen molar-refractivity contribution in [2.45, 2.75) is 12.9 Å². The summed E-state index contributed by atoms with van der Waals surface area (Å²) in [5, 5.41) is 7.07. The Hall–Kier alpha value is -2.53. The van der Waals surface area contributed by atoms with E-state index in [4.69, 9.17) is 9.47 Å². The minimum absolute atomic E-state index is 0.00654. The van der Waals surface area contributed by atoms with Crippen molar-refractivity contribution in [2.24, 2.45) is 0 Å². The molecule has 170 valence electrons. The number of aromatic nitrogens is 2. The lowest BCUT2D eigenvalue weighted by Crippen LogP contribution is -2.25. The van der Waals surface area contributed by atoms with E-state index in [2.05, 4.69) is 37.2 Å². The Labute approximate surface area is 196 Å². The molecular weight excluding hydrogens is 561 g/mol. The number of para-hydroxylation sites is 2. The molecule has 0 radical (unpaired) electrons. The van der Waals surface area contributed by atoms with Crippen molar-refractivity contribution in [1.29, 1.82) is 0 Å². The Balaban J connectivity index is 1.83. The Morgan fingerprint density at radius 3 is 2.50 bits per heavy atom. The molecular formula is C20H18F3IN3O4P. The zero-order chi connectivity index (χ0) is 23.3. The third-order valence-corrected chi connectivity index (χ3v) is 6.18. The standard InChI is InChI=1S/C20H18F3IN3O4P/c1-29-17-9-5-7-13(18(17)30-2)15-10-12(26-27(15)32-24)11-25-19(28)14-6-3-4-8-16(14)31-20(21,22)23/h3-10,32H,11H2,1-2H3,(H,25,28). The van der Waals surface area contributed by atoms with Crippen LogP contribution in [0.4, 0.5) is 13.2 Å². The highest BCUT2D eigenvalue weighted by molar-refractivity contribution is 14.2. The van der Waals surface area contributed by atoms with Crippen molar-refractivity contribution >= 4 is 34.3 Å². The summed E-state index contributed by atoms with van der Waals surface area (Å²) in [5.41, 5.74) is 1.80. The number of methoxy groups -OCH3 is 2. The number of amides is 1. The second-order valence-electron chi connectivity index (χ2n) is 6.28. The van der Waals surface area contributed by atoms with Gasteiger partial charge in [0.1, 0.15) is 5.75 Å². The molecule has 1 atom stereocenters. The largest absolute Gasteiger partial charge is 0.573 e. The molecule has 32 heavy (non-hydrogen) atoms. The van der Waals surface area contributed by atoms with Gasteiger partial charge in [-0.15, -0.1) is 13.2 Å². The van der Waals surface area contributed by atoms with Gasteiger partial charge in [0.25, 0.3) is 5.91 Å². The number of alkyl halides is 3. The summed E-state index contributed by atoms with van der Waals surface area (Å²) in [7, 11) is 3.08. The number of halogens is 4. The molecule has 0 saturated heterocycles. The van der Waals surface area contributed by atoms with Crippen molar-refractivity contribution in [1.82, 2.24) is 14.9 Å². The van der Waals surface area contributed by atoms with Crippen LogP contribution in [0.5, 0.6) is 17.2 Å². The number of nitrogens with zero attached hydrogens (tertiary/aromatic N) is 2. The van der Waals surface area contributed by atoms with Gasteiger partial charge in [0, 0.05) is 5.56 Å². The first-order chi connectivity index (χ1) is 15.3. The third-order valence-electron chi connectivity index (χ3n) is 4.31. The van der Waals surface area contributed by atoms with Gasteiger partial charge in [-0.05, 0) is 52.4 Å². The van der Waals surface area contributed by atoms with Gasteiger partial charge >= 0.3 is 6.36 Å². The van der Waals surface area contributed by atoms with Crippen molar-refractivity contribution < 1.29 is 32.2 Å². The molecule has 3 rings (SSSR count). The molecule has 0 bridgehead atoms. The topological polar surface area (TPSA) is 74.6 Å². The van der Waals surface area contributed by atoms with Crippen LogP contribution in [0.2, 0.25) is 0 Å². The highest BCUT2D eigenvalue weighted by Gasteiger charge is 2.32. The van der Waals surface area contributed by atoms with Crippen molar-refractivity contribution in [2.75, 3.05) is 14.2 Å². The Kier molecular flexibility index (Phi) is 7.83. The van der Waals surface area contributed by atoms with Gasteiger partial charge < -0.3 is 19.5 Å². The van der Waals surface area contributed by atoms with Crippen LogP contribution in [0.15, 0.2) is 48.5 Å². The minimum Gasteiger partial charge on any atom is -0.493 e. The summed E-state index contributed by atoms with van der Waals surface area (Å²) in [6.45, 7) is 0.00654. The van der Waals surface area contributed by atoms with E-state index in [9.17, 15) is 18.0 Å². The van der Waals surface area contributed by atoms with E-state index in [0.717, 1.165) is 17.3 Å². The monoisotopic (exact) mass is 579 g/mol. The van der Waals surface area contributed by atoms with Crippen molar-refractivity contribution in [3.8, 4) is 28.5 Å². The average molecular weight is 579 g/mol. The Morgan fingerprint density at radius 2 is 1.84 bits per heavy atom. The maximum Gasteiger partial charge on any atom is 0.573 e. The van der Waals surface area contributed by atoms with E-state index in [1.54, 1.807) is 23.7 Å². The van der Waals surface area contributed by atoms with E-state index in [1.165, 1.54) is 25.3 Å². The SMILES string of the molecule is COc1cccc(-c2cc(CNC(=O)c3ccccc3OC(F)(F)F)nn2PI)c1OC. The molecule has 0 fully saturated rings. The summed E-state index contributed by atoms with van der Waals surface area (Å²) < 4.78 is 54.4. The number of benzene rings is 2. The van der Waals surface area contributed by atoms with E-state index < -0.39 is 18.0 Å². The molecule has 0 aliphatic heterocycles. The molecule has 0 aliphatic carbocycles. The lowest BCUT2D eigenvalue weighted by atomic mass is 10.1. The number of carbonyl (C=O) groups excluding carboxylic acids is 1. The molecule has 3 aromatic rings. The molecule has 0 saturated carbocycles. The Morgan fingerprint density at radius 1 is 1.12 bits per heavy atom. The summed E-state index contributed by atoms with van der Waals surface area (Å²) in [4.78, 5) is 12.5. The van der Waals surface area contributed by atoms with Gasteiger partial charge in [-0.2, -0.15) is 5.10 Å². The normalized spacial score (nSPS) is 11.6. The number of hydrogen-bond donors (Lipinski definition) is 1. The number of rotatable bonds is 8. The molecule has 7 nitrogen and oxygen atoms in total. The predicted molar refractivity (Wildman–Crippen MR) is 123 cm³/mol. The first kappa shape index (κ1) is 24.1. The predicted octanol–water partition coefficient (Wildman–Crippen LogP) is 5.19. The van der Waals surface area contributed by atoms with Gasteiger partial charge in [-0.1, -0.05) is 18.2 Å². The first-order valence-electron chi connectivity index (χ1n) is 9.07. The maximum atomic E-state index is 12.6. The minimum atomic E-state index is -4.90. The first-order valence-corrected chi connectivity index (χ1v) is 13.1. The molecule has 1 aromatic heterocycles. The fourth-order valence-electron chi connectivity index (χ4n) is 3.00. The molecule has 1 N–H and O–H groups in total. The van der Waals surface area contributed by atoms with Crippen LogP contribution < -0.4 is 19.5 Å². The van der Waals surface area contributed by atoms with Crippen LogP contribution in [0.25, 0.3) is 11.3 Å². The van der Waals surface area contributed by atoms with Crippen LogP contribution in [-0.2, 0) is 6.54 Å². The third kappa shape index (κ3) is 5.63. The maximum absolute atomic E-state index is 12.6.